The summed E-state index contributed by atoms with van der Waals surface area (Å²) in [5, 5.41) is 0. The van der Waals surface area contributed by atoms with Gasteiger partial charge in [-0.15, -0.1) is 0 Å². The van der Waals surface area contributed by atoms with Gasteiger partial charge in [0, 0.05) is 6.08 Å². The van der Waals surface area contributed by atoms with E-state index in [1.165, 1.54) is 11.6 Å². The minimum absolute atomic E-state index is 0.330. The average molecular weight is 363 g/mol. The SMILES string of the molecule is C=CC(=O)OCCCC.C=Cc1ccccc1.C=Cc1ccccc1C=C. The fourth-order valence-electron chi connectivity index (χ4n) is 1.85. The van der Waals surface area contributed by atoms with Gasteiger partial charge in [-0.2, -0.15) is 0 Å². The van der Waals surface area contributed by atoms with Crippen molar-refractivity contribution in [3.8, 4) is 0 Å². The number of carbonyl (C=O) groups excluding carboxylic acids is 1. The Morgan fingerprint density at radius 1 is 0.852 bits per heavy atom. The van der Waals surface area contributed by atoms with Crippen LogP contribution in [0.15, 0.2) is 87.0 Å². The van der Waals surface area contributed by atoms with Crippen LogP contribution in [-0.4, -0.2) is 12.6 Å². The van der Waals surface area contributed by atoms with Crippen LogP contribution in [-0.2, 0) is 9.53 Å². The molecule has 0 radical (unpaired) electrons. The molecule has 2 heteroatoms. The van der Waals surface area contributed by atoms with Crippen LogP contribution in [0.3, 0.4) is 0 Å². The van der Waals surface area contributed by atoms with Crippen molar-refractivity contribution in [2.45, 2.75) is 19.8 Å². The molecule has 142 valence electrons. The summed E-state index contributed by atoms with van der Waals surface area (Å²) in [5.41, 5.74) is 3.45. The molecular weight excluding hydrogens is 332 g/mol. The zero-order valence-corrected chi connectivity index (χ0v) is 16.3. The molecular formula is C25H30O2. The third kappa shape index (κ3) is 12.0. The normalized spacial score (nSPS) is 8.63. The molecule has 0 fully saturated rings. The van der Waals surface area contributed by atoms with Gasteiger partial charge in [0.2, 0.25) is 0 Å². The zero-order valence-electron chi connectivity index (χ0n) is 16.3. The zero-order chi connectivity index (χ0) is 20.3. The standard InChI is InChI=1S/C10H10.C8H8.C7H12O2/c1-3-9-7-5-6-8-10(9)4-2;1-2-8-6-4-3-5-7-8;1-3-5-6-9-7(8)4-2/h3-8H,1-2H2;2-7H,1H2;4H,2-3,5-6H2,1H3. The average Bonchev–Trinajstić information content (AvgIpc) is 2.75. The molecule has 0 saturated carbocycles. The highest BCUT2D eigenvalue weighted by Gasteiger charge is 1.91. The Labute approximate surface area is 164 Å². The molecule has 0 unspecified atom stereocenters. The van der Waals surface area contributed by atoms with Gasteiger partial charge in [0.15, 0.2) is 0 Å². The Balaban J connectivity index is 0.000000378. The number of ether oxygens (including phenoxy) is 1. The van der Waals surface area contributed by atoms with Crippen molar-refractivity contribution in [3.05, 3.63) is 104 Å². The van der Waals surface area contributed by atoms with Crippen LogP contribution in [0.4, 0.5) is 0 Å². The maximum absolute atomic E-state index is 10.3. The Morgan fingerprint density at radius 3 is 1.74 bits per heavy atom. The highest BCUT2D eigenvalue weighted by Crippen LogP contribution is 2.10. The molecule has 0 aromatic heterocycles. The van der Waals surface area contributed by atoms with Gasteiger partial charge in [-0.3, -0.25) is 0 Å². The second kappa shape index (κ2) is 16.3. The van der Waals surface area contributed by atoms with Crippen molar-refractivity contribution in [1.29, 1.82) is 0 Å². The number of unbranched alkanes of at least 4 members (excludes halogenated alkanes) is 1. The van der Waals surface area contributed by atoms with Gasteiger partial charge in [0.05, 0.1) is 6.61 Å². The summed E-state index contributed by atoms with van der Waals surface area (Å²) in [4.78, 5) is 10.3. The second-order valence-corrected chi connectivity index (χ2v) is 5.38. The molecule has 2 aromatic carbocycles. The summed E-state index contributed by atoms with van der Waals surface area (Å²) in [6, 6.07) is 18.0. The molecule has 27 heavy (non-hydrogen) atoms. The summed E-state index contributed by atoms with van der Waals surface area (Å²) < 4.78 is 4.67. The smallest absolute Gasteiger partial charge is 0.330 e. The van der Waals surface area contributed by atoms with Crippen LogP contribution in [0.5, 0.6) is 0 Å². The van der Waals surface area contributed by atoms with Crippen LogP contribution in [0.25, 0.3) is 18.2 Å². The van der Waals surface area contributed by atoms with Gasteiger partial charge < -0.3 is 4.74 Å². The van der Waals surface area contributed by atoms with Gasteiger partial charge in [0.25, 0.3) is 0 Å². The first kappa shape index (κ1) is 23.9. The topological polar surface area (TPSA) is 26.3 Å². The lowest BCUT2D eigenvalue weighted by Crippen LogP contribution is -2.00. The van der Waals surface area contributed by atoms with Crippen molar-refractivity contribution in [2.75, 3.05) is 6.61 Å². The Kier molecular flexibility index (Phi) is 14.4. The van der Waals surface area contributed by atoms with E-state index in [1.54, 1.807) is 0 Å². The maximum Gasteiger partial charge on any atom is 0.330 e. The summed E-state index contributed by atoms with van der Waals surface area (Å²) in [5.74, 6) is -0.330. The van der Waals surface area contributed by atoms with E-state index in [0.717, 1.165) is 24.0 Å². The summed E-state index contributed by atoms with van der Waals surface area (Å²) in [6.07, 6.45) is 8.65. The summed E-state index contributed by atoms with van der Waals surface area (Å²) in [7, 11) is 0. The van der Waals surface area contributed by atoms with E-state index in [-0.39, 0.29) is 5.97 Å². The molecule has 0 aliphatic carbocycles. The molecule has 0 saturated heterocycles. The fraction of sp³-hybridized carbons (Fsp3) is 0.160. The molecule has 2 rings (SSSR count). The first-order valence-electron chi connectivity index (χ1n) is 8.93. The van der Waals surface area contributed by atoms with Crippen LogP contribution >= 0.6 is 0 Å². The summed E-state index contributed by atoms with van der Waals surface area (Å²) in [6.45, 7) is 16.8. The van der Waals surface area contributed by atoms with Crippen LogP contribution in [0.1, 0.15) is 36.5 Å². The number of hydrogen-bond donors (Lipinski definition) is 0. The molecule has 0 bridgehead atoms. The van der Waals surface area contributed by atoms with E-state index >= 15 is 0 Å². The van der Waals surface area contributed by atoms with Crippen molar-refractivity contribution in [3.63, 3.8) is 0 Å². The monoisotopic (exact) mass is 362 g/mol. The second-order valence-electron chi connectivity index (χ2n) is 5.38. The Hall–Kier alpha value is -3.13. The lowest BCUT2D eigenvalue weighted by atomic mass is 10.1. The van der Waals surface area contributed by atoms with Crippen LogP contribution in [0.2, 0.25) is 0 Å². The number of hydrogen-bond acceptors (Lipinski definition) is 2. The maximum atomic E-state index is 10.3. The van der Waals surface area contributed by atoms with Crippen molar-refractivity contribution < 1.29 is 9.53 Å². The lowest BCUT2D eigenvalue weighted by molar-refractivity contribution is -0.137. The first-order chi connectivity index (χ1) is 13.1. The van der Waals surface area contributed by atoms with Crippen LogP contribution < -0.4 is 0 Å². The van der Waals surface area contributed by atoms with Crippen molar-refractivity contribution in [2.24, 2.45) is 0 Å². The number of rotatable bonds is 7. The molecule has 2 aromatic rings. The minimum atomic E-state index is -0.330. The van der Waals surface area contributed by atoms with Gasteiger partial charge in [-0.25, -0.2) is 4.79 Å². The third-order valence-electron chi connectivity index (χ3n) is 3.38. The molecule has 0 aliphatic rings. The van der Waals surface area contributed by atoms with Gasteiger partial charge in [-0.1, -0.05) is 112 Å². The van der Waals surface area contributed by atoms with E-state index < -0.39 is 0 Å². The lowest BCUT2D eigenvalue weighted by Gasteiger charge is -1.97. The molecule has 0 heterocycles. The van der Waals surface area contributed by atoms with E-state index in [4.69, 9.17) is 0 Å². The largest absolute Gasteiger partial charge is 0.463 e. The minimum Gasteiger partial charge on any atom is -0.463 e. The van der Waals surface area contributed by atoms with Gasteiger partial charge in [0.1, 0.15) is 0 Å². The number of esters is 1. The quantitative estimate of drug-likeness (QED) is 0.307. The Morgan fingerprint density at radius 2 is 1.37 bits per heavy atom. The van der Waals surface area contributed by atoms with Gasteiger partial charge >= 0.3 is 5.97 Å². The predicted octanol–water partition coefficient (Wildman–Crippen LogP) is 6.82. The van der Waals surface area contributed by atoms with Crippen LogP contribution in [0, 0.1) is 0 Å². The molecule has 0 amide bonds. The van der Waals surface area contributed by atoms with E-state index in [2.05, 4.69) is 31.1 Å². The van der Waals surface area contributed by atoms with E-state index in [0.29, 0.717) is 6.61 Å². The summed E-state index contributed by atoms with van der Waals surface area (Å²) >= 11 is 0. The fourth-order valence-corrected chi connectivity index (χ4v) is 1.85. The van der Waals surface area contributed by atoms with E-state index in [9.17, 15) is 4.79 Å². The Bertz CT molecular complexity index is 672. The third-order valence-corrected chi connectivity index (χ3v) is 3.38. The van der Waals surface area contributed by atoms with Gasteiger partial charge in [-0.05, 0) is 23.1 Å². The molecule has 0 N–H and O–H groups in total. The highest BCUT2D eigenvalue weighted by atomic mass is 16.5. The van der Waals surface area contributed by atoms with Crippen molar-refractivity contribution in [1.82, 2.24) is 0 Å². The predicted molar refractivity (Wildman–Crippen MR) is 119 cm³/mol. The molecule has 0 aliphatic heterocycles. The molecule has 2 nitrogen and oxygen atoms in total. The first-order valence-corrected chi connectivity index (χ1v) is 8.93. The van der Waals surface area contributed by atoms with Crippen molar-refractivity contribution >= 4 is 24.2 Å². The molecule has 0 spiro atoms. The highest BCUT2D eigenvalue weighted by molar-refractivity contribution is 5.81. The number of carbonyl (C=O) groups is 1. The number of benzene rings is 2. The molecule has 0 atom stereocenters. The van der Waals surface area contributed by atoms with E-state index in [1.807, 2.05) is 79.7 Å².